The van der Waals surface area contributed by atoms with Crippen molar-refractivity contribution in [2.24, 2.45) is 0 Å². The van der Waals surface area contributed by atoms with Gasteiger partial charge in [0.1, 0.15) is 6.10 Å². The summed E-state index contributed by atoms with van der Waals surface area (Å²) in [5.41, 5.74) is 1.08. The van der Waals surface area contributed by atoms with Crippen molar-refractivity contribution in [3.63, 3.8) is 0 Å². The van der Waals surface area contributed by atoms with Crippen LogP contribution in [0.15, 0.2) is 30.3 Å². The van der Waals surface area contributed by atoms with Crippen LogP contribution in [0, 0.1) is 0 Å². The summed E-state index contributed by atoms with van der Waals surface area (Å²) in [6.07, 6.45) is -1.20. The molecule has 5 heteroatoms. The summed E-state index contributed by atoms with van der Waals surface area (Å²) < 4.78 is 11.3. The van der Waals surface area contributed by atoms with Crippen LogP contribution in [-0.2, 0) is 16.1 Å². The van der Waals surface area contributed by atoms with E-state index in [1.807, 2.05) is 30.3 Å². The molecule has 1 aromatic rings. The normalized spacial score (nSPS) is 34.8. The summed E-state index contributed by atoms with van der Waals surface area (Å²) in [5, 5.41) is 17.0. The van der Waals surface area contributed by atoms with Gasteiger partial charge in [0.25, 0.3) is 0 Å². The van der Waals surface area contributed by atoms with Crippen LogP contribution in [0.25, 0.3) is 0 Å². The lowest BCUT2D eigenvalue weighted by Crippen LogP contribution is -2.68. The molecule has 2 saturated heterocycles. The molecule has 2 aliphatic rings. The summed E-state index contributed by atoms with van der Waals surface area (Å²) in [5.74, 6) is 0. The second-order valence-corrected chi connectivity index (χ2v) is 5.03. The SMILES string of the molecule is O[C@@H]1[C@@H](OCc2ccccc2)OC[C@H]2NCCN[C@@H]12. The van der Waals surface area contributed by atoms with Crippen LogP contribution in [0.5, 0.6) is 0 Å². The first-order chi connectivity index (χ1) is 9.34. The molecular formula is C14H20N2O3. The van der Waals surface area contributed by atoms with Gasteiger partial charge in [0.15, 0.2) is 6.29 Å². The maximum absolute atomic E-state index is 10.3. The van der Waals surface area contributed by atoms with E-state index in [0.717, 1.165) is 18.7 Å². The molecule has 0 radical (unpaired) electrons. The van der Waals surface area contributed by atoms with E-state index >= 15 is 0 Å². The minimum absolute atomic E-state index is 0.00303. The molecule has 5 nitrogen and oxygen atoms in total. The maximum Gasteiger partial charge on any atom is 0.185 e. The van der Waals surface area contributed by atoms with E-state index in [0.29, 0.717) is 13.2 Å². The molecule has 2 heterocycles. The molecule has 0 aromatic heterocycles. The van der Waals surface area contributed by atoms with Crippen LogP contribution in [0.1, 0.15) is 5.56 Å². The number of aliphatic hydroxyl groups is 1. The number of rotatable bonds is 3. The highest BCUT2D eigenvalue weighted by Crippen LogP contribution is 2.19. The van der Waals surface area contributed by atoms with Gasteiger partial charge < -0.3 is 25.2 Å². The molecule has 4 atom stereocenters. The molecule has 1 aromatic carbocycles. The zero-order valence-electron chi connectivity index (χ0n) is 10.8. The van der Waals surface area contributed by atoms with Crippen LogP contribution in [-0.4, -0.2) is 49.3 Å². The number of nitrogens with one attached hydrogen (secondary N) is 2. The Hall–Kier alpha value is -0.980. The van der Waals surface area contributed by atoms with E-state index in [-0.39, 0.29) is 12.1 Å². The van der Waals surface area contributed by atoms with Gasteiger partial charge in [0, 0.05) is 19.1 Å². The van der Waals surface area contributed by atoms with E-state index in [4.69, 9.17) is 9.47 Å². The number of fused-ring (bicyclic) bond motifs is 1. The van der Waals surface area contributed by atoms with Crippen molar-refractivity contribution >= 4 is 0 Å². The molecule has 2 aliphatic heterocycles. The minimum Gasteiger partial charge on any atom is -0.386 e. The van der Waals surface area contributed by atoms with Crippen LogP contribution in [0.2, 0.25) is 0 Å². The van der Waals surface area contributed by atoms with Crippen molar-refractivity contribution in [1.82, 2.24) is 10.6 Å². The number of benzene rings is 1. The molecule has 0 spiro atoms. The molecule has 104 valence electrons. The Balaban J connectivity index is 1.56. The Morgan fingerprint density at radius 3 is 2.84 bits per heavy atom. The third-order valence-electron chi connectivity index (χ3n) is 3.69. The largest absolute Gasteiger partial charge is 0.386 e. The average molecular weight is 264 g/mol. The predicted octanol–water partition coefficient (Wildman–Crippen LogP) is -0.150. The van der Waals surface area contributed by atoms with Gasteiger partial charge in [0.2, 0.25) is 0 Å². The summed E-state index contributed by atoms with van der Waals surface area (Å²) in [4.78, 5) is 0. The van der Waals surface area contributed by atoms with E-state index < -0.39 is 12.4 Å². The van der Waals surface area contributed by atoms with E-state index in [9.17, 15) is 5.11 Å². The van der Waals surface area contributed by atoms with Gasteiger partial charge in [-0.25, -0.2) is 0 Å². The van der Waals surface area contributed by atoms with Crippen LogP contribution < -0.4 is 10.6 Å². The molecule has 0 bridgehead atoms. The molecule has 0 saturated carbocycles. The first kappa shape index (κ1) is 13.0. The maximum atomic E-state index is 10.3. The van der Waals surface area contributed by atoms with Crippen molar-refractivity contribution in [1.29, 1.82) is 0 Å². The molecule has 3 rings (SSSR count). The van der Waals surface area contributed by atoms with Crippen molar-refractivity contribution in [3.05, 3.63) is 35.9 Å². The minimum atomic E-state index is -0.643. The smallest absolute Gasteiger partial charge is 0.185 e. The number of hydrogen-bond acceptors (Lipinski definition) is 5. The first-order valence-electron chi connectivity index (χ1n) is 6.76. The van der Waals surface area contributed by atoms with Gasteiger partial charge in [-0.05, 0) is 5.56 Å². The van der Waals surface area contributed by atoms with Gasteiger partial charge in [-0.3, -0.25) is 0 Å². The zero-order chi connectivity index (χ0) is 13.1. The Kier molecular flexibility index (Phi) is 4.10. The topological polar surface area (TPSA) is 62.8 Å². The lowest BCUT2D eigenvalue weighted by Gasteiger charge is -2.43. The molecule has 0 aliphatic carbocycles. The van der Waals surface area contributed by atoms with Crippen molar-refractivity contribution in [2.45, 2.75) is 31.1 Å². The van der Waals surface area contributed by atoms with Crippen molar-refractivity contribution in [2.75, 3.05) is 19.7 Å². The van der Waals surface area contributed by atoms with Crippen LogP contribution in [0.3, 0.4) is 0 Å². The van der Waals surface area contributed by atoms with E-state index in [1.54, 1.807) is 0 Å². The third kappa shape index (κ3) is 2.96. The summed E-state index contributed by atoms with van der Waals surface area (Å²) in [7, 11) is 0. The quantitative estimate of drug-likeness (QED) is 0.709. The monoisotopic (exact) mass is 264 g/mol. The fourth-order valence-electron chi connectivity index (χ4n) is 2.65. The predicted molar refractivity (Wildman–Crippen MR) is 70.6 cm³/mol. The van der Waals surface area contributed by atoms with Gasteiger partial charge in [-0.15, -0.1) is 0 Å². The second kappa shape index (κ2) is 5.98. The fraction of sp³-hybridized carbons (Fsp3) is 0.571. The Bertz CT molecular complexity index is 401. The highest BCUT2D eigenvalue weighted by atomic mass is 16.7. The van der Waals surface area contributed by atoms with Crippen LogP contribution >= 0.6 is 0 Å². The lowest BCUT2D eigenvalue weighted by atomic mass is 9.97. The zero-order valence-corrected chi connectivity index (χ0v) is 10.8. The Morgan fingerprint density at radius 2 is 2.00 bits per heavy atom. The molecule has 3 N–H and O–H groups in total. The summed E-state index contributed by atoms with van der Waals surface area (Å²) >= 11 is 0. The molecule has 19 heavy (non-hydrogen) atoms. The van der Waals surface area contributed by atoms with Gasteiger partial charge in [-0.2, -0.15) is 0 Å². The van der Waals surface area contributed by atoms with Crippen molar-refractivity contribution in [3.8, 4) is 0 Å². The summed E-state index contributed by atoms with van der Waals surface area (Å²) in [6, 6.07) is 10.1. The second-order valence-electron chi connectivity index (χ2n) is 5.03. The number of aliphatic hydroxyl groups excluding tert-OH is 1. The van der Waals surface area contributed by atoms with Crippen LogP contribution in [0.4, 0.5) is 0 Å². The number of ether oxygens (including phenoxy) is 2. The van der Waals surface area contributed by atoms with Gasteiger partial charge >= 0.3 is 0 Å². The van der Waals surface area contributed by atoms with Crippen molar-refractivity contribution < 1.29 is 14.6 Å². The number of hydrogen-bond donors (Lipinski definition) is 3. The highest BCUT2D eigenvalue weighted by molar-refractivity contribution is 5.13. The third-order valence-corrected chi connectivity index (χ3v) is 3.69. The molecule has 0 amide bonds. The molecule has 0 unspecified atom stereocenters. The Labute approximate surface area is 112 Å². The highest BCUT2D eigenvalue weighted by Gasteiger charge is 2.40. The lowest BCUT2D eigenvalue weighted by molar-refractivity contribution is -0.236. The van der Waals surface area contributed by atoms with Gasteiger partial charge in [0.05, 0.1) is 19.3 Å². The Morgan fingerprint density at radius 1 is 1.21 bits per heavy atom. The molecular weight excluding hydrogens is 244 g/mol. The molecule has 2 fully saturated rings. The fourth-order valence-corrected chi connectivity index (χ4v) is 2.65. The summed E-state index contributed by atoms with van der Waals surface area (Å²) in [6.45, 7) is 2.79. The standard InChI is InChI=1S/C14H20N2O3/c17-13-12-11(15-6-7-16-12)9-19-14(13)18-8-10-4-2-1-3-5-10/h1-5,11-17H,6-9H2/t11-,12-,13+,14+/m1/s1. The first-order valence-corrected chi connectivity index (χ1v) is 6.76. The van der Waals surface area contributed by atoms with E-state index in [1.165, 1.54) is 0 Å². The van der Waals surface area contributed by atoms with Gasteiger partial charge in [-0.1, -0.05) is 30.3 Å². The average Bonchev–Trinajstić information content (AvgIpc) is 2.48. The number of piperazine rings is 1. The van der Waals surface area contributed by atoms with E-state index in [2.05, 4.69) is 10.6 Å².